The third-order valence-corrected chi connectivity index (χ3v) is 4.14. The number of thioether (sulfide) groups is 1. The summed E-state index contributed by atoms with van der Waals surface area (Å²) >= 11 is 1.72. The second kappa shape index (κ2) is 6.81. The Morgan fingerprint density at radius 3 is 2.14 bits per heavy atom. The minimum absolute atomic E-state index is 0.0655. The lowest BCUT2D eigenvalue weighted by Crippen LogP contribution is -2.26. The Morgan fingerprint density at radius 1 is 1.05 bits per heavy atom. The molecule has 2 nitrogen and oxygen atoms in total. The summed E-state index contributed by atoms with van der Waals surface area (Å²) in [4.78, 5) is 15.5. The smallest absolute Gasteiger partial charge is 0.253 e. The highest BCUT2D eigenvalue weighted by atomic mass is 32.2. The van der Waals surface area contributed by atoms with Gasteiger partial charge in [-0.25, -0.2) is 0 Å². The first-order valence-electron chi connectivity index (χ1n) is 6.96. The third kappa shape index (κ3) is 4.11. The molecule has 0 N–H and O–H groups in total. The number of carbonyl (C=O) groups is 1. The van der Waals surface area contributed by atoms with E-state index >= 15 is 0 Å². The molecule has 2 aromatic rings. The van der Waals surface area contributed by atoms with Crippen LogP contribution in [0.25, 0.3) is 0 Å². The summed E-state index contributed by atoms with van der Waals surface area (Å²) in [5.74, 6) is 0.0655. The zero-order valence-corrected chi connectivity index (χ0v) is 13.8. The van der Waals surface area contributed by atoms with Gasteiger partial charge in [0.1, 0.15) is 0 Å². The number of nitrogens with zero attached hydrogens (tertiary/aromatic N) is 1. The molecule has 2 rings (SSSR count). The molecule has 0 aromatic heterocycles. The highest BCUT2D eigenvalue weighted by Gasteiger charge is 2.12. The minimum atomic E-state index is 0.0655. The van der Waals surface area contributed by atoms with Crippen LogP contribution in [0.2, 0.25) is 0 Å². The van der Waals surface area contributed by atoms with Gasteiger partial charge in [0.2, 0.25) is 0 Å². The molecule has 21 heavy (non-hydrogen) atoms. The Balaban J connectivity index is 2.11. The summed E-state index contributed by atoms with van der Waals surface area (Å²) in [7, 11) is 1.85. The first kappa shape index (κ1) is 15.6. The monoisotopic (exact) mass is 299 g/mol. The molecule has 0 bridgehead atoms. The minimum Gasteiger partial charge on any atom is -0.337 e. The van der Waals surface area contributed by atoms with Crippen LogP contribution in [0.1, 0.15) is 27.0 Å². The van der Waals surface area contributed by atoms with Crippen LogP contribution in [0.15, 0.2) is 47.4 Å². The highest BCUT2D eigenvalue weighted by Crippen LogP contribution is 2.17. The fourth-order valence-electron chi connectivity index (χ4n) is 2.40. The average Bonchev–Trinajstić information content (AvgIpc) is 2.46. The fraction of sp³-hybridized carbons (Fsp3) is 0.278. The van der Waals surface area contributed by atoms with Gasteiger partial charge in [-0.2, -0.15) is 0 Å². The number of hydrogen-bond acceptors (Lipinski definition) is 2. The molecule has 0 heterocycles. The molecule has 2 aromatic carbocycles. The van der Waals surface area contributed by atoms with Crippen LogP contribution < -0.4 is 0 Å². The van der Waals surface area contributed by atoms with Crippen molar-refractivity contribution in [3.8, 4) is 0 Å². The maximum absolute atomic E-state index is 12.5. The molecule has 1 amide bonds. The predicted molar refractivity (Wildman–Crippen MR) is 89.9 cm³/mol. The molecule has 0 unspecified atom stereocenters. The Labute approximate surface area is 131 Å². The summed E-state index contributed by atoms with van der Waals surface area (Å²) in [6.07, 6.45) is 2.06. The molecule has 0 aliphatic heterocycles. The Kier molecular flexibility index (Phi) is 5.07. The van der Waals surface area contributed by atoms with E-state index in [4.69, 9.17) is 0 Å². The van der Waals surface area contributed by atoms with E-state index in [1.165, 1.54) is 4.90 Å². The van der Waals surface area contributed by atoms with Gasteiger partial charge in [-0.15, -0.1) is 11.8 Å². The highest BCUT2D eigenvalue weighted by molar-refractivity contribution is 7.98. The predicted octanol–water partition coefficient (Wildman–Crippen LogP) is 4.30. The maximum Gasteiger partial charge on any atom is 0.253 e. The van der Waals surface area contributed by atoms with Gasteiger partial charge in [-0.1, -0.05) is 29.3 Å². The molecule has 3 heteroatoms. The Hall–Kier alpha value is -1.74. The summed E-state index contributed by atoms with van der Waals surface area (Å²) in [6.45, 7) is 4.66. The van der Waals surface area contributed by atoms with Crippen LogP contribution in [0.5, 0.6) is 0 Å². The SMILES string of the molecule is CSc1ccc(CN(C)C(=O)c2cc(C)cc(C)c2)cc1. The third-order valence-electron chi connectivity index (χ3n) is 3.39. The molecule has 0 saturated carbocycles. The van der Waals surface area contributed by atoms with Crippen LogP contribution in [-0.4, -0.2) is 24.1 Å². The van der Waals surface area contributed by atoms with E-state index in [2.05, 4.69) is 36.6 Å². The van der Waals surface area contributed by atoms with E-state index in [9.17, 15) is 4.79 Å². The van der Waals surface area contributed by atoms with Crippen LogP contribution in [0, 0.1) is 13.8 Å². The molecule has 110 valence electrons. The number of carbonyl (C=O) groups excluding carboxylic acids is 1. The van der Waals surface area contributed by atoms with Crippen molar-refractivity contribution in [1.29, 1.82) is 0 Å². The topological polar surface area (TPSA) is 20.3 Å². The lowest BCUT2D eigenvalue weighted by atomic mass is 10.1. The van der Waals surface area contributed by atoms with Crippen molar-refractivity contribution >= 4 is 17.7 Å². The standard InChI is InChI=1S/C18H21NOS/c1-13-9-14(2)11-16(10-13)18(20)19(3)12-15-5-7-17(21-4)8-6-15/h5-11H,12H2,1-4H3. The number of benzene rings is 2. The Bertz CT molecular complexity index is 614. The lowest BCUT2D eigenvalue weighted by Gasteiger charge is -2.18. The number of aryl methyl sites for hydroxylation is 2. The number of rotatable bonds is 4. The molecule has 0 saturated heterocycles. The maximum atomic E-state index is 12.5. The molecule has 0 radical (unpaired) electrons. The largest absolute Gasteiger partial charge is 0.337 e. The van der Waals surface area contributed by atoms with Crippen LogP contribution in [0.4, 0.5) is 0 Å². The summed E-state index contributed by atoms with van der Waals surface area (Å²) in [5, 5.41) is 0. The zero-order chi connectivity index (χ0) is 15.4. The fourth-order valence-corrected chi connectivity index (χ4v) is 2.80. The van der Waals surface area contributed by atoms with Gasteiger partial charge in [0.15, 0.2) is 0 Å². The van der Waals surface area contributed by atoms with Gasteiger partial charge >= 0.3 is 0 Å². The van der Waals surface area contributed by atoms with E-state index in [0.29, 0.717) is 6.54 Å². The van der Waals surface area contributed by atoms with E-state index in [0.717, 1.165) is 22.3 Å². The van der Waals surface area contributed by atoms with Gasteiger partial charge in [0.05, 0.1) is 0 Å². The van der Waals surface area contributed by atoms with Gasteiger partial charge in [-0.05, 0) is 49.9 Å². The number of amides is 1. The van der Waals surface area contributed by atoms with Gasteiger partial charge in [0, 0.05) is 24.1 Å². The van der Waals surface area contributed by atoms with Crippen LogP contribution in [-0.2, 0) is 6.54 Å². The molecule has 0 aliphatic rings. The van der Waals surface area contributed by atoms with Gasteiger partial charge in [-0.3, -0.25) is 4.79 Å². The second-order valence-electron chi connectivity index (χ2n) is 5.39. The van der Waals surface area contributed by atoms with Crippen LogP contribution >= 0.6 is 11.8 Å². The quantitative estimate of drug-likeness (QED) is 0.785. The van der Waals surface area contributed by atoms with Crippen molar-refractivity contribution in [2.45, 2.75) is 25.3 Å². The normalized spacial score (nSPS) is 10.5. The van der Waals surface area contributed by atoms with Crippen molar-refractivity contribution in [2.75, 3.05) is 13.3 Å². The van der Waals surface area contributed by atoms with Crippen molar-refractivity contribution < 1.29 is 4.79 Å². The summed E-state index contributed by atoms with van der Waals surface area (Å²) in [5.41, 5.74) is 4.15. The van der Waals surface area contributed by atoms with Crippen molar-refractivity contribution in [3.63, 3.8) is 0 Å². The molecule has 0 spiro atoms. The number of hydrogen-bond donors (Lipinski definition) is 0. The molecular weight excluding hydrogens is 278 g/mol. The zero-order valence-electron chi connectivity index (χ0n) is 13.0. The van der Waals surface area contributed by atoms with Crippen molar-refractivity contribution in [1.82, 2.24) is 4.90 Å². The van der Waals surface area contributed by atoms with Crippen LogP contribution in [0.3, 0.4) is 0 Å². The van der Waals surface area contributed by atoms with E-state index < -0.39 is 0 Å². The first-order valence-corrected chi connectivity index (χ1v) is 8.19. The molecular formula is C18H21NOS. The van der Waals surface area contributed by atoms with E-state index in [1.807, 2.05) is 33.0 Å². The second-order valence-corrected chi connectivity index (χ2v) is 6.27. The summed E-state index contributed by atoms with van der Waals surface area (Å²) in [6, 6.07) is 14.3. The first-order chi connectivity index (χ1) is 9.99. The molecule has 0 aliphatic carbocycles. The van der Waals surface area contributed by atoms with E-state index in [1.54, 1.807) is 16.7 Å². The van der Waals surface area contributed by atoms with Crippen molar-refractivity contribution in [2.24, 2.45) is 0 Å². The van der Waals surface area contributed by atoms with E-state index in [-0.39, 0.29) is 5.91 Å². The summed E-state index contributed by atoms with van der Waals surface area (Å²) < 4.78 is 0. The molecule has 0 fully saturated rings. The Morgan fingerprint density at radius 2 is 1.62 bits per heavy atom. The van der Waals surface area contributed by atoms with Crippen molar-refractivity contribution in [3.05, 3.63) is 64.7 Å². The van der Waals surface area contributed by atoms with Gasteiger partial charge < -0.3 is 4.90 Å². The molecule has 0 atom stereocenters. The van der Waals surface area contributed by atoms with Gasteiger partial charge in [0.25, 0.3) is 5.91 Å². The lowest BCUT2D eigenvalue weighted by molar-refractivity contribution is 0.0785. The average molecular weight is 299 g/mol.